The first-order valence-electron chi connectivity index (χ1n) is 9.66. The van der Waals surface area contributed by atoms with Gasteiger partial charge in [0.1, 0.15) is 13.2 Å². The van der Waals surface area contributed by atoms with Crippen molar-refractivity contribution in [2.45, 2.75) is 19.5 Å². The van der Waals surface area contributed by atoms with E-state index in [1.54, 1.807) is 33.3 Å². The molecule has 162 valence electrons. The van der Waals surface area contributed by atoms with Gasteiger partial charge in [-0.3, -0.25) is 0 Å². The molecule has 1 N–H and O–H groups in total. The molecule has 2 aromatic rings. The lowest BCUT2D eigenvalue weighted by Crippen LogP contribution is -2.38. The molecule has 2 aromatic carbocycles. The number of hydrogen-bond donors (Lipinski definition) is 1. The molecule has 8 nitrogen and oxygen atoms in total. The highest BCUT2D eigenvalue weighted by Crippen LogP contribution is 2.39. The summed E-state index contributed by atoms with van der Waals surface area (Å²) in [6.07, 6.45) is 0. The molecule has 1 aliphatic heterocycles. The summed E-state index contributed by atoms with van der Waals surface area (Å²) in [6, 6.07) is 8.88. The third-order valence-corrected chi connectivity index (χ3v) is 4.90. The van der Waals surface area contributed by atoms with Crippen molar-refractivity contribution in [2.75, 3.05) is 41.6 Å². The maximum atomic E-state index is 12.7. The fourth-order valence-corrected chi connectivity index (χ4v) is 3.26. The summed E-state index contributed by atoms with van der Waals surface area (Å²) >= 11 is 0. The number of amides is 2. The number of nitrogens with zero attached hydrogens (tertiary/aromatic N) is 1. The fourth-order valence-electron chi connectivity index (χ4n) is 3.26. The molecule has 3 rings (SSSR count). The van der Waals surface area contributed by atoms with Gasteiger partial charge in [-0.1, -0.05) is 6.07 Å². The minimum absolute atomic E-state index is 0.203. The van der Waals surface area contributed by atoms with Gasteiger partial charge in [-0.2, -0.15) is 0 Å². The lowest BCUT2D eigenvalue weighted by atomic mass is 10.1. The van der Waals surface area contributed by atoms with Crippen LogP contribution in [0, 0.1) is 0 Å². The second kappa shape index (κ2) is 9.47. The Hall–Kier alpha value is -3.29. The van der Waals surface area contributed by atoms with E-state index in [2.05, 4.69) is 5.32 Å². The molecule has 1 heterocycles. The van der Waals surface area contributed by atoms with E-state index in [-0.39, 0.29) is 12.1 Å². The number of hydrogen-bond acceptors (Lipinski definition) is 6. The minimum Gasteiger partial charge on any atom is -0.493 e. The van der Waals surface area contributed by atoms with Crippen molar-refractivity contribution in [3.05, 3.63) is 41.5 Å². The zero-order valence-electron chi connectivity index (χ0n) is 18.0. The highest BCUT2D eigenvalue weighted by atomic mass is 16.6. The van der Waals surface area contributed by atoms with Crippen LogP contribution < -0.4 is 29.0 Å². The Morgan fingerprint density at radius 1 is 1.03 bits per heavy atom. The van der Waals surface area contributed by atoms with E-state index in [1.165, 1.54) is 0 Å². The van der Waals surface area contributed by atoms with Crippen molar-refractivity contribution >= 4 is 6.03 Å². The topological polar surface area (TPSA) is 78.5 Å². The molecule has 0 aliphatic carbocycles. The summed E-state index contributed by atoms with van der Waals surface area (Å²) in [7, 11) is 6.42. The summed E-state index contributed by atoms with van der Waals surface area (Å²) < 4.78 is 27.3. The van der Waals surface area contributed by atoms with Crippen molar-refractivity contribution < 1.29 is 28.5 Å². The van der Waals surface area contributed by atoms with E-state index < -0.39 is 0 Å². The first kappa shape index (κ1) is 21.4. The van der Waals surface area contributed by atoms with Gasteiger partial charge in [-0.05, 0) is 42.3 Å². The quantitative estimate of drug-likeness (QED) is 0.746. The van der Waals surface area contributed by atoms with Crippen LogP contribution in [-0.2, 0) is 6.54 Å². The predicted octanol–water partition coefficient (Wildman–Crippen LogP) is 3.39. The predicted molar refractivity (Wildman–Crippen MR) is 112 cm³/mol. The molecule has 0 radical (unpaired) electrons. The summed E-state index contributed by atoms with van der Waals surface area (Å²) in [6.45, 7) is 3.41. The number of benzene rings is 2. The van der Waals surface area contributed by atoms with Crippen LogP contribution in [-0.4, -0.2) is 52.5 Å². The molecule has 2 amide bonds. The van der Waals surface area contributed by atoms with Gasteiger partial charge in [-0.15, -0.1) is 0 Å². The van der Waals surface area contributed by atoms with Crippen LogP contribution >= 0.6 is 0 Å². The van der Waals surface area contributed by atoms with E-state index in [9.17, 15) is 4.79 Å². The molecule has 0 fully saturated rings. The van der Waals surface area contributed by atoms with Crippen LogP contribution in [0.1, 0.15) is 24.1 Å². The molecule has 30 heavy (non-hydrogen) atoms. The first-order chi connectivity index (χ1) is 14.5. The zero-order valence-corrected chi connectivity index (χ0v) is 18.0. The average Bonchev–Trinajstić information content (AvgIpc) is 2.77. The zero-order chi connectivity index (χ0) is 21.7. The molecule has 0 aromatic heterocycles. The standard InChI is InChI=1S/C22H28N2O6/c1-14(16-11-19(26-3)21(28-5)20(12-16)27-4)23-22(25)24(2)13-15-6-7-17-18(10-15)30-9-8-29-17/h6-7,10-12,14H,8-9,13H2,1-5H3,(H,23,25)/t14-/m1/s1. The molecule has 0 unspecified atom stereocenters. The molecular formula is C22H28N2O6. The van der Waals surface area contributed by atoms with Gasteiger partial charge >= 0.3 is 6.03 Å². The summed E-state index contributed by atoms with van der Waals surface area (Å²) in [5.41, 5.74) is 1.79. The number of carbonyl (C=O) groups excluding carboxylic acids is 1. The van der Waals surface area contributed by atoms with Crippen LogP contribution in [0.2, 0.25) is 0 Å². The highest BCUT2D eigenvalue weighted by molar-refractivity contribution is 5.74. The smallest absolute Gasteiger partial charge is 0.317 e. The van der Waals surface area contributed by atoms with Gasteiger partial charge < -0.3 is 33.9 Å². The molecule has 0 saturated heterocycles. The van der Waals surface area contributed by atoms with Crippen LogP contribution in [0.3, 0.4) is 0 Å². The normalized spacial score (nSPS) is 13.2. The van der Waals surface area contributed by atoms with Crippen molar-refractivity contribution in [2.24, 2.45) is 0 Å². The molecule has 8 heteroatoms. The van der Waals surface area contributed by atoms with Crippen molar-refractivity contribution in [1.82, 2.24) is 10.2 Å². The van der Waals surface area contributed by atoms with Crippen LogP contribution in [0.5, 0.6) is 28.7 Å². The Morgan fingerprint density at radius 3 is 2.27 bits per heavy atom. The Morgan fingerprint density at radius 2 is 1.67 bits per heavy atom. The number of fused-ring (bicyclic) bond motifs is 1. The van der Waals surface area contributed by atoms with Crippen LogP contribution in [0.4, 0.5) is 4.79 Å². The first-order valence-corrected chi connectivity index (χ1v) is 9.66. The number of carbonyl (C=O) groups is 1. The molecule has 1 atom stereocenters. The number of methoxy groups -OCH3 is 3. The molecule has 0 bridgehead atoms. The van der Waals surface area contributed by atoms with E-state index in [0.29, 0.717) is 42.8 Å². The molecular weight excluding hydrogens is 388 g/mol. The third-order valence-electron chi connectivity index (χ3n) is 4.90. The fraction of sp³-hybridized carbons (Fsp3) is 0.409. The maximum Gasteiger partial charge on any atom is 0.317 e. The van der Waals surface area contributed by atoms with Gasteiger partial charge in [0.25, 0.3) is 0 Å². The monoisotopic (exact) mass is 416 g/mol. The molecule has 1 aliphatic rings. The van der Waals surface area contributed by atoms with Crippen molar-refractivity contribution in [1.29, 1.82) is 0 Å². The van der Waals surface area contributed by atoms with E-state index in [0.717, 1.165) is 16.9 Å². The van der Waals surface area contributed by atoms with Crippen LogP contribution in [0.15, 0.2) is 30.3 Å². The number of rotatable bonds is 7. The highest BCUT2D eigenvalue weighted by Gasteiger charge is 2.19. The van der Waals surface area contributed by atoms with E-state index in [4.69, 9.17) is 23.7 Å². The Bertz CT molecular complexity index is 876. The molecule has 0 spiro atoms. The number of urea groups is 1. The van der Waals surface area contributed by atoms with Gasteiger partial charge in [0.15, 0.2) is 23.0 Å². The minimum atomic E-state index is -0.270. The Kier molecular flexibility index (Phi) is 6.76. The Labute approximate surface area is 176 Å². The summed E-state index contributed by atoms with van der Waals surface area (Å²) in [5, 5.41) is 3.00. The van der Waals surface area contributed by atoms with Crippen molar-refractivity contribution in [3.63, 3.8) is 0 Å². The summed E-state index contributed by atoms with van der Waals surface area (Å²) in [5.74, 6) is 3.03. The average molecular weight is 416 g/mol. The SMILES string of the molecule is COc1cc([C@@H](C)NC(=O)N(C)Cc2ccc3c(c2)OCCO3)cc(OC)c1OC. The lowest BCUT2D eigenvalue weighted by Gasteiger charge is -2.24. The van der Waals surface area contributed by atoms with Gasteiger partial charge in [-0.25, -0.2) is 4.79 Å². The van der Waals surface area contributed by atoms with E-state index in [1.807, 2.05) is 37.3 Å². The number of ether oxygens (including phenoxy) is 5. The van der Waals surface area contributed by atoms with Gasteiger partial charge in [0.2, 0.25) is 5.75 Å². The Balaban J connectivity index is 1.67. The second-order valence-corrected chi connectivity index (χ2v) is 6.96. The third kappa shape index (κ3) is 4.64. The molecule has 0 saturated carbocycles. The lowest BCUT2D eigenvalue weighted by molar-refractivity contribution is 0.171. The largest absolute Gasteiger partial charge is 0.493 e. The van der Waals surface area contributed by atoms with E-state index >= 15 is 0 Å². The van der Waals surface area contributed by atoms with Crippen molar-refractivity contribution in [3.8, 4) is 28.7 Å². The second-order valence-electron chi connectivity index (χ2n) is 6.96. The van der Waals surface area contributed by atoms with Gasteiger partial charge in [0.05, 0.1) is 27.4 Å². The van der Waals surface area contributed by atoms with Crippen LogP contribution in [0.25, 0.3) is 0 Å². The maximum absolute atomic E-state index is 12.7. The van der Waals surface area contributed by atoms with Gasteiger partial charge in [0, 0.05) is 13.6 Å². The summed E-state index contributed by atoms with van der Waals surface area (Å²) in [4.78, 5) is 14.3. The number of nitrogens with one attached hydrogen (secondary N) is 1.